The molecule has 0 unspecified atom stereocenters. The van der Waals surface area contributed by atoms with Gasteiger partial charge in [-0.25, -0.2) is 0 Å². The number of hydrogen-bond donors (Lipinski definition) is 1. The van der Waals surface area contributed by atoms with E-state index in [1.165, 1.54) is 18.3 Å². The molecule has 1 heterocycles. The molecule has 0 radical (unpaired) electrons. The van der Waals surface area contributed by atoms with Gasteiger partial charge in [-0.2, -0.15) is 13.2 Å². The Morgan fingerprint density at radius 3 is 2.38 bits per heavy atom. The number of benzene rings is 2. The Kier molecular flexibility index (Phi) is 6.68. The van der Waals surface area contributed by atoms with Gasteiger partial charge in [0.05, 0.1) is 15.1 Å². The standard InChI is InChI=1S/C20H18Cl3F3N2S/c1-2-12-7-14(4-3-13(12)10-27)28-6-5-19(11-28,20(24,25)26)29-15-8-16(21)18(23)17(22)9-15/h3-4,7-10,27H,2,5-6,11H2,1H3/t19-/m1/s1. The maximum atomic E-state index is 14.2. The molecule has 1 atom stereocenters. The van der Waals surface area contributed by atoms with Crippen LogP contribution in [0.5, 0.6) is 0 Å². The van der Waals surface area contributed by atoms with E-state index < -0.39 is 10.9 Å². The van der Waals surface area contributed by atoms with Crippen LogP contribution in [0.4, 0.5) is 18.9 Å². The number of anilines is 1. The van der Waals surface area contributed by atoms with Gasteiger partial charge in [0, 0.05) is 29.9 Å². The maximum absolute atomic E-state index is 14.2. The lowest BCUT2D eigenvalue weighted by molar-refractivity contribution is -0.154. The number of alkyl halides is 3. The van der Waals surface area contributed by atoms with Crippen LogP contribution in [0, 0.1) is 5.41 Å². The molecule has 2 aromatic rings. The Labute approximate surface area is 186 Å². The van der Waals surface area contributed by atoms with Gasteiger partial charge in [-0.15, -0.1) is 11.8 Å². The minimum absolute atomic E-state index is 0.0627. The summed E-state index contributed by atoms with van der Waals surface area (Å²) in [6, 6.07) is 8.26. The van der Waals surface area contributed by atoms with Gasteiger partial charge in [0.2, 0.25) is 0 Å². The maximum Gasteiger partial charge on any atom is 0.405 e. The molecule has 0 saturated carbocycles. The Morgan fingerprint density at radius 1 is 1.17 bits per heavy atom. The highest BCUT2D eigenvalue weighted by atomic mass is 35.5. The molecule has 0 spiro atoms. The number of rotatable bonds is 5. The third-order valence-corrected chi connectivity index (χ3v) is 7.67. The predicted octanol–water partition coefficient (Wildman–Crippen LogP) is 7.51. The summed E-state index contributed by atoms with van der Waals surface area (Å²) in [5, 5.41) is 7.85. The van der Waals surface area contributed by atoms with Gasteiger partial charge in [-0.3, -0.25) is 0 Å². The number of nitrogens with one attached hydrogen (secondary N) is 1. The third kappa shape index (κ3) is 4.50. The summed E-state index contributed by atoms with van der Waals surface area (Å²) >= 11 is 18.7. The number of nitrogens with zero attached hydrogens (tertiary/aromatic N) is 1. The first-order valence-corrected chi connectivity index (χ1v) is 10.8. The van der Waals surface area contributed by atoms with Crippen LogP contribution in [0.3, 0.4) is 0 Å². The molecular formula is C20H18Cl3F3N2S. The quantitative estimate of drug-likeness (QED) is 0.353. The second-order valence-electron chi connectivity index (χ2n) is 6.85. The van der Waals surface area contributed by atoms with E-state index in [1.807, 2.05) is 13.0 Å². The van der Waals surface area contributed by atoms with Gasteiger partial charge >= 0.3 is 6.18 Å². The molecule has 1 aliphatic heterocycles. The highest BCUT2D eigenvalue weighted by Crippen LogP contribution is 2.52. The van der Waals surface area contributed by atoms with Gasteiger partial charge in [-0.1, -0.05) is 47.8 Å². The van der Waals surface area contributed by atoms with E-state index in [-0.39, 0.29) is 34.6 Å². The summed E-state index contributed by atoms with van der Waals surface area (Å²) < 4.78 is 40.5. The van der Waals surface area contributed by atoms with E-state index in [2.05, 4.69) is 0 Å². The van der Waals surface area contributed by atoms with Crippen LogP contribution in [0.1, 0.15) is 24.5 Å². The lowest BCUT2D eigenvalue weighted by Gasteiger charge is -2.32. The van der Waals surface area contributed by atoms with Crippen LogP contribution in [0.25, 0.3) is 0 Å². The summed E-state index contributed by atoms with van der Waals surface area (Å²) in [5.74, 6) is 0. The number of hydrogen-bond acceptors (Lipinski definition) is 3. The zero-order valence-electron chi connectivity index (χ0n) is 15.4. The molecule has 1 fully saturated rings. The van der Waals surface area contributed by atoms with Crippen molar-refractivity contribution in [3.05, 3.63) is 56.5 Å². The minimum atomic E-state index is -4.42. The van der Waals surface area contributed by atoms with E-state index in [4.69, 9.17) is 40.2 Å². The number of halogens is 6. The van der Waals surface area contributed by atoms with E-state index in [0.717, 1.165) is 28.6 Å². The van der Waals surface area contributed by atoms with Crippen molar-refractivity contribution < 1.29 is 13.2 Å². The summed E-state index contributed by atoms with van der Waals surface area (Å²) in [4.78, 5) is 2.07. The van der Waals surface area contributed by atoms with Crippen LogP contribution in [-0.4, -0.2) is 30.2 Å². The van der Waals surface area contributed by atoms with Crippen molar-refractivity contribution in [2.24, 2.45) is 0 Å². The molecule has 29 heavy (non-hydrogen) atoms. The summed E-state index contributed by atoms with van der Waals surface area (Å²) in [7, 11) is 0. The van der Waals surface area contributed by atoms with Crippen molar-refractivity contribution >= 4 is 58.5 Å². The van der Waals surface area contributed by atoms with E-state index in [0.29, 0.717) is 11.3 Å². The first kappa shape index (κ1) is 22.6. The molecule has 2 aromatic carbocycles. The average Bonchev–Trinajstić information content (AvgIpc) is 3.10. The molecule has 9 heteroatoms. The van der Waals surface area contributed by atoms with Crippen LogP contribution < -0.4 is 4.90 Å². The van der Waals surface area contributed by atoms with Gasteiger partial charge in [0.1, 0.15) is 4.75 Å². The lowest BCUT2D eigenvalue weighted by atomic mass is 10.0. The van der Waals surface area contributed by atoms with Crippen LogP contribution in [0.2, 0.25) is 15.1 Å². The highest BCUT2D eigenvalue weighted by molar-refractivity contribution is 8.00. The van der Waals surface area contributed by atoms with E-state index in [9.17, 15) is 13.2 Å². The molecule has 1 aliphatic rings. The molecule has 1 N–H and O–H groups in total. The minimum Gasteiger partial charge on any atom is -0.370 e. The first-order valence-electron chi connectivity index (χ1n) is 8.89. The largest absolute Gasteiger partial charge is 0.405 e. The fourth-order valence-electron chi connectivity index (χ4n) is 3.43. The van der Waals surface area contributed by atoms with Crippen molar-refractivity contribution in [2.75, 3.05) is 18.0 Å². The van der Waals surface area contributed by atoms with Crippen molar-refractivity contribution in [3.63, 3.8) is 0 Å². The fraction of sp³-hybridized carbons (Fsp3) is 0.350. The Bertz CT molecular complexity index is 913. The molecule has 156 valence electrons. The zero-order chi connectivity index (χ0) is 21.4. The summed E-state index contributed by atoms with van der Waals surface area (Å²) in [6.07, 6.45) is -2.52. The van der Waals surface area contributed by atoms with Crippen molar-refractivity contribution in [2.45, 2.75) is 35.6 Å². The van der Waals surface area contributed by atoms with E-state index >= 15 is 0 Å². The van der Waals surface area contributed by atoms with Gasteiger partial charge in [0.25, 0.3) is 0 Å². The van der Waals surface area contributed by atoms with Crippen molar-refractivity contribution in [1.29, 1.82) is 5.41 Å². The smallest absolute Gasteiger partial charge is 0.370 e. The van der Waals surface area contributed by atoms with Gasteiger partial charge in [-0.05, 0) is 48.2 Å². The first-order chi connectivity index (χ1) is 13.6. The summed E-state index contributed by atoms with van der Waals surface area (Å²) in [6.45, 7) is 2.04. The molecule has 0 amide bonds. The Hall–Kier alpha value is -1.08. The lowest BCUT2D eigenvalue weighted by Crippen LogP contribution is -2.44. The number of thioether (sulfide) groups is 1. The van der Waals surface area contributed by atoms with E-state index in [1.54, 1.807) is 17.0 Å². The zero-order valence-corrected chi connectivity index (χ0v) is 18.5. The molecule has 0 aliphatic carbocycles. The predicted molar refractivity (Wildman–Crippen MR) is 117 cm³/mol. The second kappa shape index (κ2) is 8.58. The highest BCUT2D eigenvalue weighted by Gasteiger charge is 2.59. The normalized spacial score (nSPS) is 19.6. The molecule has 0 bridgehead atoms. The van der Waals surface area contributed by atoms with Crippen LogP contribution in [0.15, 0.2) is 35.2 Å². The summed E-state index contributed by atoms with van der Waals surface area (Å²) in [5.41, 5.74) is 2.44. The van der Waals surface area contributed by atoms with Gasteiger partial charge < -0.3 is 10.3 Å². The van der Waals surface area contributed by atoms with Crippen LogP contribution in [-0.2, 0) is 6.42 Å². The second-order valence-corrected chi connectivity index (χ2v) is 9.50. The average molecular weight is 482 g/mol. The Balaban J connectivity index is 1.93. The van der Waals surface area contributed by atoms with Crippen molar-refractivity contribution in [3.8, 4) is 0 Å². The van der Waals surface area contributed by atoms with Crippen molar-refractivity contribution in [1.82, 2.24) is 0 Å². The number of aryl methyl sites for hydroxylation is 1. The van der Waals surface area contributed by atoms with Crippen LogP contribution >= 0.6 is 46.6 Å². The molecule has 0 aromatic heterocycles. The topological polar surface area (TPSA) is 27.1 Å². The Morgan fingerprint density at radius 2 is 1.83 bits per heavy atom. The molecular weight excluding hydrogens is 464 g/mol. The molecule has 2 nitrogen and oxygen atoms in total. The fourth-order valence-corrected chi connectivity index (χ4v) is 5.49. The van der Waals surface area contributed by atoms with Gasteiger partial charge in [0.15, 0.2) is 0 Å². The monoisotopic (exact) mass is 480 g/mol. The SMILES string of the molecule is CCc1cc(N2CC[C@](Sc3cc(Cl)c(Cl)c(Cl)c3)(C(F)(F)F)C2)ccc1C=N. The molecule has 3 rings (SSSR count). The molecule has 1 saturated heterocycles. The third-order valence-electron chi connectivity index (χ3n) is 5.05.